The van der Waals surface area contributed by atoms with Gasteiger partial charge in [-0.2, -0.15) is 0 Å². The number of nitrogens with one attached hydrogen (secondary N) is 1. The summed E-state index contributed by atoms with van der Waals surface area (Å²) in [5.41, 5.74) is -7.36. The number of alkyl carbamates (subject to hydrolysis) is 1. The number of ether oxygens (including phenoxy) is 7. The van der Waals surface area contributed by atoms with Crippen LogP contribution in [0.3, 0.4) is 0 Å². The number of esters is 3. The summed E-state index contributed by atoms with van der Waals surface area (Å²) in [5, 5.41) is 16.2. The molecule has 356 valence electrons. The largest absolute Gasteiger partial charge is 0.456 e. The molecule has 2 heterocycles. The minimum Gasteiger partial charge on any atom is -0.456 e. The highest BCUT2D eigenvalue weighted by molar-refractivity contribution is 6.73. The molecule has 1 amide bonds. The average molecular weight is 920 g/mol. The van der Waals surface area contributed by atoms with Crippen molar-refractivity contribution in [2.45, 2.75) is 186 Å². The highest BCUT2D eigenvalue weighted by Crippen LogP contribution is 2.67. The lowest BCUT2D eigenvalue weighted by Crippen LogP contribution is -2.79. The molecular weight excluding hydrogens is 853 g/mol. The molecule has 0 radical (unpaired) electrons. The van der Waals surface area contributed by atoms with Crippen LogP contribution in [0.15, 0.2) is 54.1 Å². The summed E-state index contributed by atoms with van der Waals surface area (Å²) < 4.78 is 81.7. The van der Waals surface area contributed by atoms with Gasteiger partial charge in [-0.05, 0) is 88.0 Å². The maximum Gasteiger partial charge on any atom is 0.407 e. The van der Waals surface area contributed by atoms with E-state index in [4.69, 9.17) is 37.6 Å². The maximum absolute atomic E-state index is 15.4. The topological polar surface area (TPSA) is 174 Å². The molecule has 12 atom stereocenters. The lowest BCUT2D eigenvalue weighted by Gasteiger charge is -2.68. The van der Waals surface area contributed by atoms with E-state index in [0.717, 1.165) is 0 Å². The molecule has 2 saturated heterocycles. The number of rotatable bonds is 15. The van der Waals surface area contributed by atoms with Gasteiger partial charge in [-0.3, -0.25) is 4.79 Å². The van der Waals surface area contributed by atoms with Crippen LogP contribution in [-0.2, 0) is 47.2 Å². The zero-order valence-electron chi connectivity index (χ0n) is 39.0. The van der Waals surface area contributed by atoms with Crippen LogP contribution in [-0.4, -0.2) is 116 Å². The number of carbonyl (C=O) groups excluding carboxylic acids is 4. The molecule has 6 rings (SSSR count). The van der Waals surface area contributed by atoms with Crippen LogP contribution in [0.5, 0.6) is 0 Å². The van der Waals surface area contributed by atoms with E-state index in [1.807, 2.05) is 27.7 Å². The molecule has 3 aliphatic carbocycles. The second kappa shape index (κ2) is 18.2. The highest BCUT2D eigenvalue weighted by atomic mass is 28.4. The Morgan fingerprint density at radius 1 is 1.05 bits per heavy atom. The molecule has 17 heteroatoms. The predicted octanol–water partition coefficient (Wildman–Crippen LogP) is 7.58. The first-order valence-electron chi connectivity index (χ1n) is 22.5. The SMILES string of the molecule is C=C[C@@H]1O[C@@H]2C3=C(C)[C@@H](OC(=O)[C@](C)(O[Si](CC)(CC)CC)[C@@H](NC(=O)OC(C)C)C(F)F)C[C@@](O)([C@@H](OC(=O)c4ccccc4)[C@H]4[C@@](C)(CC[C@H]5OC[C@]54OC(C)=O)[C@@H]2O1)C3(C)C. The van der Waals surface area contributed by atoms with Gasteiger partial charge in [-0.1, -0.05) is 66.3 Å². The molecule has 5 aliphatic rings. The van der Waals surface area contributed by atoms with E-state index in [9.17, 15) is 19.5 Å². The normalized spacial score (nSPS) is 34.3. The van der Waals surface area contributed by atoms with Gasteiger partial charge in [0.1, 0.15) is 36.1 Å². The van der Waals surface area contributed by atoms with Crippen LogP contribution in [0.25, 0.3) is 0 Å². The van der Waals surface area contributed by atoms with Crippen molar-refractivity contribution in [3.8, 4) is 0 Å². The van der Waals surface area contributed by atoms with Crippen LogP contribution in [0.4, 0.5) is 13.6 Å². The molecule has 0 aromatic heterocycles. The van der Waals surface area contributed by atoms with Crippen LogP contribution in [0.1, 0.15) is 106 Å². The highest BCUT2D eigenvalue weighted by Gasteiger charge is 2.77. The van der Waals surface area contributed by atoms with Crippen molar-refractivity contribution in [2.75, 3.05) is 6.61 Å². The molecule has 1 aromatic rings. The molecule has 14 nitrogen and oxygen atoms in total. The quantitative estimate of drug-likeness (QED) is 0.0764. The summed E-state index contributed by atoms with van der Waals surface area (Å²) in [6, 6.07) is 7.41. The number of amides is 1. The third kappa shape index (κ3) is 8.24. The zero-order valence-corrected chi connectivity index (χ0v) is 40.0. The van der Waals surface area contributed by atoms with Gasteiger partial charge in [0.2, 0.25) is 0 Å². The Morgan fingerprint density at radius 3 is 2.22 bits per heavy atom. The Labute approximate surface area is 376 Å². The minimum absolute atomic E-state index is 0.0778. The Balaban J connectivity index is 1.58. The smallest absolute Gasteiger partial charge is 0.407 e. The van der Waals surface area contributed by atoms with Crippen LogP contribution < -0.4 is 5.32 Å². The number of alkyl halides is 2. The van der Waals surface area contributed by atoms with Gasteiger partial charge in [0.25, 0.3) is 6.43 Å². The number of aliphatic hydroxyl groups is 1. The third-order valence-corrected chi connectivity index (χ3v) is 19.9. The van der Waals surface area contributed by atoms with Crippen molar-refractivity contribution >= 4 is 32.3 Å². The maximum atomic E-state index is 15.4. The van der Waals surface area contributed by atoms with Crippen molar-refractivity contribution in [3.05, 3.63) is 59.7 Å². The second-order valence-electron chi connectivity index (χ2n) is 19.4. The Morgan fingerprint density at radius 2 is 1.69 bits per heavy atom. The average Bonchev–Trinajstić information content (AvgIpc) is 3.66. The summed E-state index contributed by atoms with van der Waals surface area (Å²) in [5.74, 6) is -3.61. The van der Waals surface area contributed by atoms with Crippen molar-refractivity contribution in [1.29, 1.82) is 0 Å². The van der Waals surface area contributed by atoms with E-state index in [0.29, 0.717) is 42.1 Å². The molecule has 0 unspecified atom stereocenters. The van der Waals surface area contributed by atoms with Gasteiger partial charge >= 0.3 is 24.0 Å². The lowest BCUT2D eigenvalue weighted by atomic mass is 9.45. The molecule has 2 saturated carbocycles. The fourth-order valence-corrected chi connectivity index (χ4v) is 14.5. The van der Waals surface area contributed by atoms with E-state index in [2.05, 4.69) is 11.9 Å². The number of fused-ring (bicyclic) bond motifs is 8. The van der Waals surface area contributed by atoms with E-state index in [1.165, 1.54) is 19.9 Å². The molecule has 4 fully saturated rings. The predicted molar refractivity (Wildman–Crippen MR) is 232 cm³/mol. The molecule has 2 aliphatic heterocycles. The van der Waals surface area contributed by atoms with Gasteiger partial charge in [0.15, 0.2) is 25.8 Å². The van der Waals surface area contributed by atoms with Gasteiger partial charge in [-0.25, -0.2) is 23.2 Å². The number of hydrogen-bond donors (Lipinski definition) is 2. The Hall–Kier alpha value is -3.74. The van der Waals surface area contributed by atoms with Crippen LogP contribution >= 0.6 is 0 Å². The first kappa shape index (κ1) is 49.7. The summed E-state index contributed by atoms with van der Waals surface area (Å²) in [6.07, 6.45) is -9.46. The minimum atomic E-state index is -3.32. The van der Waals surface area contributed by atoms with Crippen molar-refractivity contribution < 1.29 is 70.6 Å². The van der Waals surface area contributed by atoms with Crippen molar-refractivity contribution in [2.24, 2.45) is 16.7 Å². The number of hydrogen-bond acceptors (Lipinski definition) is 13. The molecule has 2 bridgehead atoms. The molecular formula is C47H67F2NO13Si. The second-order valence-corrected chi connectivity index (χ2v) is 24.1. The van der Waals surface area contributed by atoms with E-state index in [1.54, 1.807) is 65.0 Å². The first-order valence-corrected chi connectivity index (χ1v) is 25.1. The summed E-state index contributed by atoms with van der Waals surface area (Å²) >= 11 is 0. The fraction of sp³-hybridized carbons (Fsp3) is 0.702. The molecule has 64 heavy (non-hydrogen) atoms. The molecule has 2 N–H and O–H groups in total. The molecule has 0 spiro atoms. The number of benzene rings is 1. The zero-order chi connectivity index (χ0) is 47.4. The first-order chi connectivity index (χ1) is 29.9. The Kier molecular flexibility index (Phi) is 14.1. The monoisotopic (exact) mass is 919 g/mol. The Bertz CT molecular complexity index is 1970. The molecule has 1 aromatic carbocycles. The van der Waals surface area contributed by atoms with Crippen molar-refractivity contribution in [1.82, 2.24) is 5.32 Å². The summed E-state index contributed by atoms with van der Waals surface area (Å²) in [7, 11) is -2.96. The summed E-state index contributed by atoms with van der Waals surface area (Å²) in [4.78, 5) is 55.8. The van der Waals surface area contributed by atoms with E-state index < -0.39 is 128 Å². The van der Waals surface area contributed by atoms with Gasteiger partial charge < -0.3 is 48.0 Å². The number of carbonyl (C=O) groups is 4. The van der Waals surface area contributed by atoms with Gasteiger partial charge in [-0.15, -0.1) is 0 Å². The van der Waals surface area contributed by atoms with E-state index in [-0.39, 0.29) is 12.2 Å². The lowest BCUT2D eigenvalue weighted by molar-refractivity contribution is -0.345. The van der Waals surface area contributed by atoms with Crippen molar-refractivity contribution in [3.63, 3.8) is 0 Å². The van der Waals surface area contributed by atoms with Crippen LogP contribution in [0, 0.1) is 16.7 Å². The van der Waals surface area contributed by atoms with Gasteiger partial charge in [0.05, 0.1) is 30.3 Å². The van der Waals surface area contributed by atoms with Gasteiger partial charge in [0, 0.05) is 24.2 Å². The standard InChI is InChI=1S/C47H67F2NO13Si/c1-13-32-59-34-33-27(7)30(58-41(53)45(12,63-64(14-2,15-3)16-4)36(39(48)49)50-42(54)57-26(5)6)24-47(55,43(33,9)10)38(61-40(52)29-20-18-17-19-21-29)35-44(11,37(34)60-32)23-22-31-46(35,25-56-31)62-28(8)51/h13,17-21,26,30-32,34-39,55H,1,14-16,22-25H2,2-12H3,(H,50,54)/t30-,31+,32+,34+,35-,36-,37+,38-,44+,45+,46-,47+/m0/s1. The third-order valence-electron chi connectivity index (χ3n) is 15.2. The number of halogens is 2. The fourth-order valence-electron chi connectivity index (χ4n) is 11.5. The van der Waals surface area contributed by atoms with E-state index >= 15 is 13.6 Å². The van der Waals surface area contributed by atoms with Crippen LogP contribution in [0.2, 0.25) is 18.1 Å². The summed E-state index contributed by atoms with van der Waals surface area (Å²) in [6.45, 7) is 22.3.